The van der Waals surface area contributed by atoms with Gasteiger partial charge in [-0.1, -0.05) is 51.9 Å². The smallest absolute Gasteiger partial charge is 0.160 e. The molecule has 21 heavy (non-hydrogen) atoms. The molecule has 3 heteroatoms. The highest BCUT2D eigenvalue weighted by Gasteiger charge is 2.17. The summed E-state index contributed by atoms with van der Waals surface area (Å²) in [6, 6.07) is 0. The van der Waals surface area contributed by atoms with Crippen molar-refractivity contribution in [3.63, 3.8) is 0 Å². The predicted molar refractivity (Wildman–Crippen MR) is 89.7 cm³/mol. The molecular formula is C18H38O3. The number of rotatable bonds is 16. The molecule has 0 rings (SSSR count). The van der Waals surface area contributed by atoms with Crippen molar-refractivity contribution in [2.75, 3.05) is 19.8 Å². The minimum atomic E-state index is -0.110. The van der Waals surface area contributed by atoms with Crippen LogP contribution in [0.4, 0.5) is 0 Å². The fourth-order valence-corrected chi connectivity index (χ4v) is 2.60. The summed E-state index contributed by atoms with van der Waals surface area (Å²) >= 11 is 0. The van der Waals surface area contributed by atoms with Gasteiger partial charge in [-0.25, -0.2) is 0 Å². The number of hydrogen-bond donors (Lipinski definition) is 0. The predicted octanol–water partition coefficient (Wildman–Crippen LogP) is 5.32. The van der Waals surface area contributed by atoms with Crippen molar-refractivity contribution in [2.45, 2.75) is 97.9 Å². The first-order valence-corrected chi connectivity index (χ1v) is 9.13. The highest BCUT2D eigenvalue weighted by atomic mass is 16.7. The average molecular weight is 302 g/mol. The van der Waals surface area contributed by atoms with Crippen LogP contribution in [0.25, 0.3) is 0 Å². The standard InChI is InChI=1S/C18H38O3/c1-5-9-10-11-12-13-14-15-17(19-6-2)16-18(20-7-3)21-8-4/h17-18H,5-16H2,1-4H3. The van der Waals surface area contributed by atoms with E-state index in [1.54, 1.807) is 0 Å². The van der Waals surface area contributed by atoms with Gasteiger partial charge in [0, 0.05) is 26.2 Å². The summed E-state index contributed by atoms with van der Waals surface area (Å²) in [6.07, 6.45) is 11.5. The Labute approximate surface area is 132 Å². The monoisotopic (exact) mass is 302 g/mol. The molecule has 0 N–H and O–H groups in total. The van der Waals surface area contributed by atoms with Crippen LogP contribution in [-0.2, 0) is 14.2 Å². The van der Waals surface area contributed by atoms with E-state index in [0.29, 0.717) is 13.2 Å². The molecule has 1 atom stereocenters. The van der Waals surface area contributed by atoms with E-state index in [2.05, 4.69) is 13.8 Å². The minimum Gasteiger partial charge on any atom is -0.378 e. The Hall–Kier alpha value is -0.120. The first-order chi connectivity index (χ1) is 10.3. The van der Waals surface area contributed by atoms with E-state index in [0.717, 1.165) is 19.4 Å². The van der Waals surface area contributed by atoms with Gasteiger partial charge in [-0.2, -0.15) is 0 Å². The van der Waals surface area contributed by atoms with Crippen molar-refractivity contribution in [2.24, 2.45) is 0 Å². The van der Waals surface area contributed by atoms with Crippen molar-refractivity contribution >= 4 is 0 Å². The lowest BCUT2D eigenvalue weighted by molar-refractivity contribution is -0.157. The second kappa shape index (κ2) is 16.3. The van der Waals surface area contributed by atoms with Gasteiger partial charge in [-0.15, -0.1) is 0 Å². The molecule has 0 bridgehead atoms. The van der Waals surface area contributed by atoms with E-state index >= 15 is 0 Å². The van der Waals surface area contributed by atoms with Gasteiger partial charge in [0.1, 0.15) is 0 Å². The lowest BCUT2D eigenvalue weighted by Crippen LogP contribution is -2.26. The number of hydrogen-bond acceptors (Lipinski definition) is 3. The van der Waals surface area contributed by atoms with Crippen LogP contribution in [0, 0.1) is 0 Å². The van der Waals surface area contributed by atoms with E-state index < -0.39 is 0 Å². The Balaban J connectivity index is 3.83. The van der Waals surface area contributed by atoms with Crippen LogP contribution in [0.15, 0.2) is 0 Å². The first kappa shape index (κ1) is 20.9. The molecule has 0 heterocycles. The van der Waals surface area contributed by atoms with Gasteiger partial charge in [-0.3, -0.25) is 0 Å². The summed E-state index contributed by atoms with van der Waals surface area (Å²) in [7, 11) is 0. The fraction of sp³-hybridized carbons (Fsp3) is 1.00. The van der Waals surface area contributed by atoms with Crippen molar-refractivity contribution < 1.29 is 14.2 Å². The average Bonchev–Trinajstić information content (AvgIpc) is 2.47. The molecule has 128 valence electrons. The largest absolute Gasteiger partial charge is 0.378 e. The zero-order chi connectivity index (χ0) is 15.8. The molecule has 0 spiro atoms. The molecule has 0 aromatic heterocycles. The van der Waals surface area contributed by atoms with E-state index in [9.17, 15) is 0 Å². The number of ether oxygens (including phenoxy) is 3. The van der Waals surface area contributed by atoms with Crippen LogP contribution in [0.3, 0.4) is 0 Å². The summed E-state index contributed by atoms with van der Waals surface area (Å²) in [5, 5.41) is 0. The third kappa shape index (κ3) is 13.3. The molecule has 0 aliphatic heterocycles. The summed E-state index contributed by atoms with van der Waals surface area (Å²) < 4.78 is 17.1. The molecule has 0 aromatic rings. The molecule has 0 aromatic carbocycles. The zero-order valence-corrected chi connectivity index (χ0v) is 14.9. The third-order valence-electron chi connectivity index (χ3n) is 3.69. The summed E-state index contributed by atoms with van der Waals surface area (Å²) in [6.45, 7) is 10.5. The maximum Gasteiger partial charge on any atom is 0.160 e. The topological polar surface area (TPSA) is 27.7 Å². The van der Waals surface area contributed by atoms with Crippen LogP contribution < -0.4 is 0 Å². The summed E-state index contributed by atoms with van der Waals surface area (Å²) in [5.41, 5.74) is 0. The van der Waals surface area contributed by atoms with Gasteiger partial charge in [0.2, 0.25) is 0 Å². The van der Waals surface area contributed by atoms with Gasteiger partial charge in [-0.05, 0) is 27.2 Å². The van der Waals surface area contributed by atoms with Gasteiger partial charge in [0.05, 0.1) is 6.10 Å². The highest BCUT2D eigenvalue weighted by molar-refractivity contribution is 4.62. The Kier molecular flexibility index (Phi) is 16.2. The van der Waals surface area contributed by atoms with Crippen molar-refractivity contribution in [3.8, 4) is 0 Å². The van der Waals surface area contributed by atoms with Crippen molar-refractivity contribution in [1.82, 2.24) is 0 Å². The molecule has 0 saturated carbocycles. The second-order valence-electron chi connectivity index (χ2n) is 5.56. The van der Waals surface area contributed by atoms with E-state index in [1.807, 2.05) is 13.8 Å². The van der Waals surface area contributed by atoms with Crippen LogP contribution >= 0.6 is 0 Å². The van der Waals surface area contributed by atoms with E-state index in [1.165, 1.54) is 44.9 Å². The van der Waals surface area contributed by atoms with E-state index in [4.69, 9.17) is 14.2 Å². The molecule has 0 saturated heterocycles. The molecule has 0 aliphatic rings. The molecular weight excluding hydrogens is 264 g/mol. The van der Waals surface area contributed by atoms with Gasteiger partial charge < -0.3 is 14.2 Å². The maximum atomic E-state index is 5.85. The Morgan fingerprint density at radius 2 is 1.14 bits per heavy atom. The first-order valence-electron chi connectivity index (χ1n) is 9.13. The van der Waals surface area contributed by atoms with Crippen LogP contribution in [0.2, 0.25) is 0 Å². The van der Waals surface area contributed by atoms with Gasteiger partial charge in [0.25, 0.3) is 0 Å². The lowest BCUT2D eigenvalue weighted by Gasteiger charge is -2.23. The zero-order valence-electron chi connectivity index (χ0n) is 14.9. The van der Waals surface area contributed by atoms with E-state index in [-0.39, 0.29) is 12.4 Å². The SMILES string of the molecule is CCCCCCCCCC(CC(OCC)OCC)OCC. The minimum absolute atomic E-state index is 0.110. The highest BCUT2D eigenvalue weighted by Crippen LogP contribution is 2.16. The lowest BCUT2D eigenvalue weighted by atomic mass is 10.0. The third-order valence-corrected chi connectivity index (χ3v) is 3.69. The maximum absolute atomic E-state index is 5.85. The molecule has 0 fully saturated rings. The Bertz CT molecular complexity index is 191. The van der Waals surface area contributed by atoms with Crippen LogP contribution in [0.5, 0.6) is 0 Å². The van der Waals surface area contributed by atoms with Crippen molar-refractivity contribution in [1.29, 1.82) is 0 Å². The molecule has 0 aliphatic carbocycles. The fourth-order valence-electron chi connectivity index (χ4n) is 2.60. The van der Waals surface area contributed by atoms with Crippen LogP contribution in [0.1, 0.15) is 85.5 Å². The molecule has 0 amide bonds. The Morgan fingerprint density at radius 1 is 0.619 bits per heavy atom. The van der Waals surface area contributed by atoms with Crippen molar-refractivity contribution in [3.05, 3.63) is 0 Å². The normalized spacial score (nSPS) is 13.0. The summed E-state index contributed by atoms with van der Waals surface area (Å²) in [5.74, 6) is 0. The van der Waals surface area contributed by atoms with Crippen LogP contribution in [-0.4, -0.2) is 32.2 Å². The molecule has 3 nitrogen and oxygen atoms in total. The summed E-state index contributed by atoms with van der Waals surface area (Å²) in [4.78, 5) is 0. The molecule has 1 unspecified atom stereocenters. The van der Waals surface area contributed by atoms with Gasteiger partial charge >= 0.3 is 0 Å². The Morgan fingerprint density at radius 3 is 1.67 bits per heavy atom. The molecule has 0 radical (unpaired) electrons. The quantitative estimate of drug-likeness (QED) is 0.285. The second-order valence-corrected chi connectivity index (χ2v) is 5.56. The number of unbranched alkanes of at least 4 members (excludes halogenated alkanes) is 6. The van der Waals surface area contributed by atoms with Gasteiger partial charge in [0.15, 0.2) is 6.29 Å².